The van der Waals surface area contributed by atoms with Gasteiger partial charge in [0, 0.05) is 17.2 Å². The third-order valence-corrected chi connectivity index (χ3v) is 5.35. The molecule has 3 rings (SSSR count). The van der Waals surface area contributed by atoms with Crippen molar-refractivity contribution in [3.05, 3.63) is 59.9 Å². The maximum absolute atomic E-state index is 12.2. The molecule has 0 aliphatic heterocycles. The molecule has 0 aliphatic rings. The van der Waals surface area contributed by atoms with Gasteiger partial charge in [-0.25, -0.2) is 4.98 Å². The molecule has 7 heteroatoms. The number of hydrogen-bond acceptors (Lipinski definition) is 5. The topological polar surface area (TPSA) is 72.2 Å². The summed E-state index contributed by atoms with van der Waals surface area (Å²) in [6, 6.07) is 12.9. The fraction of sp³-hybridized carbons (Fsp3) is 0.125. The SMILES string of the molecule is O=C(NCCS(=O)c1ccccc1)c1ncoc1-c1cccs1. The molecule has 0 bridgehead atoms. The van der Waals surface area contributed by atoms with E-state index in [9.17, 15) is 9.00 Å². The molecule has 1 N–H and O–H groups in total. The molecule has 3 aromatic rings. The van der Waals surface area contributed by atoms with Gasteiger partial charge in [0.15, 0.2) is 17.8 Å². The van der Waals surface area contributed by atoms with Crippen molar-refractivity contribution < 1.29 is 13.4 Å². The predicted molar refractivity (Wildman–Crippen MR) is 89.9 cm³/mol. The Morgan fingerprint density at radius 1 is 1.22 bits per heavy atom. The summed E-state index contributed by atoms with van der Waals surface area (Å²) in [6.45, 7) is 0.303. The number of carbonyl (C=O) groups is 1. The van der Waals surface area contributed by atoms with Crippen LogP contribution in [0.25, 0.3) is 10.6 Å². The second-order valence-corrected chi connectivity index (χ2v) is 7.14. The van der Waals surface area contributed by atoms with E-state index in [1.807, 2.05) is 47.8 Å². The molecule has 2 heterocycles. The van der Waals surface area contributed by atoms with Gasteiger partial charge in [0.2, 0.25) is 0 Å². The van der Waals surface area contributed by atoms with Crippen LogP contribution in [0, 0.1) is 0 Å². The maximum atomic E-state index is 12.2. The van der Waals surface area contributed by atoms with Gasteiger partial charge in [-0.15, -0.1) is 11.3 Å². The molecular formula is C16H14N2O3S2. The molecule has 0 saturated carbocycles. The number of rotatable bonds is 6. The standard InChI is InChI=1S/C16H14N2O3S2/c19-16(14-15(21-11-18-14)13-7-4-9-22-13)17-8-10-23(20)12-5-2-1-3-6-12/h1-7,9,11H,8,10H2,(H,17,19). The van der Waals surface area contributed by atoms with Crippen LogP contribution in [0.3, 0.4) is 0 Å². The van der Waals surface area contributed by atoms with Gasteiger partial charge in [0.1, 0.15) is 0 Å². The number of nitrogens with one attached hydrogen (secondary N) is 1. The highest BCUT2D eigenvalue weighted by Gasteiger charge is 2.18. The molecule has 5 nitrogen and oxygen atoms in total. The van der Waals surface area contributed by atoms with Crippen molar-refractivity contribution >= 4 is 28.0 Å². The molecular weight excluding hydrogens is 332 g/mol. The Morgan fingerprint density at radius 2 is 2.04 bits per heavy atom. The van der Waals surface area contributed by atoms with Gasteiger partial charge in [0.05, 0.1) is 15.7 Å². The number of thiophene rings is 1. The van der Waals surface area contributed by atoms with E-state index in [0.29, 0.717) is 18.1 Å². The van der Waals surface area contributed by atoms with Crippen LogP contribution in [0.1, 0.15) is 10.5 Å². The van der Waals surface area contributed by atoms with Crippen LogP contribution < -0.4 is 5.32 Å². The second-order valence-electron chi connectivity index (χ2n) is 4.63. The Labute approximate surface area is 139 Å². The normalized spacial score (nSPS) is 12.0. The van der Waals surface area contributed by atoms with Crippen molar-refractivity contribution in [2.75, 3.05) is 12.3 Å². The van der Waals surface area contributed by atoms with Crippen molar-refractivity contribution in [1.29, 1.82) is 0 Å². The summed E-state index contributed by atoms with van der Waals surface area (Å²) >= 11 is 1.48. The fourth-order valence-corrected chi connectivity index (χ4v) is 3.72. The highest BCUT2D eigenvalue weighted by molar-refractivity contribution is 7.85. The minimum atomic E-state index is -1.14. The van der Waals surface area contributed by atoms with Crippen molar-refractivity contribution in [3.63, 3.8) is 0 Å². The Bertz CT molecular complexity index is 798. The van der Waals surface area contributed by atoms with Crippen LogP contribution in [0.2, 0.25) is 0 Å². The van der Waals surface area contributed by atoms with Gasteiger partial charge in [-0.05, 0) is 23.6 Å². The van der Waals surface area contributed by atoms with Crippen molar-refractivity contribution in [1.82, 2.24) is 10.3 Å². The first-order valence-corrected chi connectivity index (χ1v) is 9.14. The van der Waals surface area contributed by atoms with Gasteiger partial charge in [-0.3, -0.25) is 9.00 Å². The lowest BCUT2D eigenvalue weighted by atomic mass is 10.3. The first-order chi connectivity index (χ1) is 11.3. The van der Waals surface area contributed by atoms with Crippen molar-refractivity contribution in [2.24, 2.45) is 0 Å². The number of hydrogen-bond donors (Lipinski definition) is 1. The van der Waals surface area contributed by atoms with Crippen LogP contribution >= 0.6 is 11.3 Å². The highest BCUT2D eigenvalue weighted by atomic mass is 32.2. The Balaban J connectivity index is 1.59. The minimum Gasteiger partial charge on any atom is -0.442 e. The van der Waals surface area contributed by atoms with E-state index in [1.54, 1.807) is 0 Å². The van der Waals surface area contributed by atoms with Crippen LogP contribution in [-0.4, -0.2) is 27.4 Å². The van der Waals surface area contributed by atoms with Gasteiger partial charge >= 0.3 is 0 Å². The molecule has 0 radical (unpaired) electrons. The maximum Gasteiger partial charge on any atom is 0.273 e. The fourth-order valence-electron chi connectivity index (χ4n) is 2.02. The number of nitrogens with zero attached hydrogens (tertiary/aromatic N) is 1. The summed E-state index contributed by atoms with van der Waals surface area (Å²) in [5, 5.41) is 4.64. The number of aromatic nitrogens is 1. The molecule has 0 saturated heterocycles. The molecule has 23 heavy (non-hydrogen) atoms. The van der Waals surface area contributed by atoms with E-state index >= 15 is 0 Å². The highest BCUT2D eigenvalue weighted by Crippen LogP contribution is 2.27. The first kappa shape index (κ1) is 15.6. The monoisotopic (exact) mass is 346 g/mol. The lowest BCUT2D eigenvalue weighted by molar-refractivity contribution is 0.0952. The van der Waals surface area contributed by atoms with Gasteiger partial charge < -0.3 is 9.73 Å². The first-order valence-electron chi connectivity index (χ1n) is 6.94. The summed E-state index contributed by atoms with van der Waals surface area (Å²) in [5.41, 5.74) is 0.248. The summed E-state index contributed by atoms with van der Waals surface area (Å²) in [5.74, 6) is 0.482. The zero-order valence-corrected chi connectivity index (χ0v) is 13.7. The minimum absolute atomic E-state index is 0.248. The van der Waals surface area contributed by atoms with Crippen LogP contribution in [0.15, 0.2) is 63.6 Å². The Kier molecular flexibility index (Phi) is 4.99. The largest absolute Gasteiger partial charge is 0.442 e. The van der Waals surface area contributed by atoms with E-state index in [0.717, 1.165) is 9.77 Å². The molecule has 118 valence electrons. The van der Waals surface area contributed by atoms with Gasteiger partial charge in [0.25, 0.3) is 5.91 Å². The molecule has 1 amide bonds. The zero-order valence-electron chi connectivity index (χ0n) is 12.1. The van der Waals surface area contributed by atoms with Gasteiger partial charge in [-0.1, -0.05) is 24.3 Å². The number of carbonyl (C=O) groups excluding carboxylic acids is 1. The number of oxazole rings is 1. The molecule has 0 fully saturated rings. The third kappa shape index (κ3) is 3.75. The van der Waals surface area contributed by atoms with Crippen molar-refractivity contribution in [2.45, 2.75) is 4.90 Å². The van der Waals surface area contributed by atoms with Crippen molar-refractivity contribution in [3.8, 4) is 10.6 Å². The molecule has 1 aromatic carbocycles. The van der Waals surface area contributed by atoms with E-state index in [1.165, 1.54) is 17.7 Å². The molecule has 1 unspecified atom stereocenters. The van der Waals surface area contributed by atoms with E-state index in [-0.39, 0.29) is 11.6 Å². The van der Waals surface area contributed by atoms with Crippen LogP contribution in [-0.2, 0) is 10.8 Å². The van der Waals surface area contributed by atoms with Gasteiger partial charge in [-0.2, -0.15) is 0 Å². The predicted octanol–water partition coefficient (Wildman–Crippen LogP) is 2.94. The van der Waals surface area contributed by atoms with E-state index in [2.05, 4.69) is 10.3 Å². The molecule has 0 spiro atoms. The quantitative estimate of drug-likeness (QED) is 0.745. The average Bonchev–Trinajstić information content (AvgIpc) is 3.26. The number of amides is 1. The second kappa shape index (κ2) is 7.34. The lowest BCUT2D eigenvalue weighted by Crippen LogP contribution is -2.28. The lowest BCUT2D eigenvalue weighted by Gasteiger charge is -2.04. The molecule has 0 aliphatic carbocycles. The van der Waals surface area contributed by atoms with E-state index < -0.39 is 10.8 Å². The Morgan fingerprint density at radius 3 is 2.78 bits per heavy atom. The summed E-state index contributed by atoms with van der Waals surface area (Å²) in [7, 11) is -1.14. The molecule has 1 atom stereocenters. The smallest absolute Gasteiger partial charge is 0.273 e. The summed E-state index contributed by atoms with van der Waals surface area (Å²) in [4.78, 5) is 17.8. The summed E-state index contributed by atoms with van der Waals surface area (Å²) < 4.78 is 17.4. The number of benzene rings is 1. The zero-order chi connectivity index (χ0) is 16.1. The molecule has 2 aromatic heterocycles. The van der Waals surface area contributed by atoms with E-state index in [4.69, 9.17) is 4.42 Å². The van der Waals surface area contributed by atoms with Crippen LogP contribution in [0.5, 0.6) is 0 Å². The average molecular weight is 346 g/mol. The summed E-state index contributed by atoms with van der Waals surface area (Å²) in [6.07, 6.45) is 1.26. The Hall–Kier alpha value is -2.25. The van der Waals surface area contributed by atoms with Crippen LogP contribution in [0.4, 0.5) is 0 Å². The third-order valence-electron chi connectivity index (χ3n) is 3.11.